The third-order valence-corrected chi connectivity index (χ3v) is 10.0. The van der Waals surface area contributed by atoms with Gasteiger partial charge in [-0.15, -0.1) is 23.1 Å². The molecule has 0 unspecified atom stereocenters. The highest BCUT2D eigenvalue weighted by Gasteiger charge is 2.23. The van der Waals surface area contributed by atoms with E-state index >= 15 is 0 Å². The van der Waals surface area contributed by atoms with Crippen LogP contribution in [-0.4, -0.2) is 51.0 Å². The molecule has 194 valence electrons. The van der Waals surface area contributed by atoms with Gasteiger partial charge in [-0.2, -0.15) is 0 Å². The molecule has 37 heavy (non-hydrogen) atoms. The van der Waals surface area contributed by atoms with Gasteiger partial charge in [0.2, 0.25) is 15.7 Å². The Morgan fingerprint density at radius 2 is 1.86 bits per heavy atom. The Hall–Kier alpha value is -2.73. The molecule has 0 atom stereocenters. The molecule has 7 nitrogen and oxygen atoms in total. The van der Waals surface area contributed by atoms with Crippen molar-refractivity contribution in [2.75, 3.05) is 37.0 Å². The van der Waals surface area contributed by atoms with Crippen LogP contribution in [0.1, 0.15) is 6.92 Å². The third kappa shape index (κ3) is 6.98. The number of para-hydroxylation sites is 1. The standard InChI is InChI=1S/C26H27N3O4S4/c1-3-33-18-8-13-22(24(16-18)37(31,32)20-11-9-19(34-2)10-12-20)28-17-25(30)27-14-15-35-26-29-21-6-4-5-7-23(21)36-26/h4-13,16,28H,3,14-15,17H2,1-2H3,(H,27,30). The van der Waals surface area contributed by atoms with E-state index in [0.717, 1.165) is 19.5 Å². The Morgan fingerprint density at radius 3 is 2.59 bits per heavy atom. The maximum atomic E-state index is 13.5. The number of ether oxygens (including phenoxy) is 1. The molecule has 3 aromatic carbocycles. The lowest BCUT2D eigenvalue weighted by molar-refractivity contribution is -0.119. The fraction of sp³-hybridized carbons (Fsp3) is 0.231. The van der Waals surface area contributed by atoms with Crippen LogP contribution >= 0.6 is 34.9 Å². The second kappa shape index (κ2) is 12.7. The molecule has 1 heterocycles. The zero-order valence-electron chi connectivity index (χ0n) is 20.4. The SMILES string of the molecule is CCOc1ccc(NCC(=O)NCCSc2nc3ccccc3s2)c(S(=O)(=O)c2ccc(SC)cc2)c1. The van der Waals surface area contributed by atoms with Crippen molar-refractivity contribution in [1.29, 1.82) is 0 Å². The predicted octanol–water partition coefficient (Wildman–Crippen LogP) is 5.57. The lowest BCUT2D eigenvalue weighted by Gasteiger charge is -2.15. The fourth-order valence-electron chi connectivity index (χ4n) is 3.49. The number of rotatable bonds is 12. The molecular formula is C26H27N3O4S4. The molecule has 0 saturated carbocycles. The van der Waals surface area contributed by atoms with Gasteiger partial charge in [0.25, 0.3) is 0 Å². The first-order chi connectivity index (χ1) is 17.9. The molecular weight excluding hydrogens is 547 g/mol. The molecule has 0 aliphatic heterocycles. The molecule has 0 radical (unpaired) electrons. The van der Waals surface area contributed by atoms with E-state index in [0.29, 0.717) is 30.3 Å². The van der Waals surface area contributed by atoms with Gasteiger partial charge in [-0.05, 0) is 61.7 Å². The van der Waals surface area contributed by atoms with Gasteiger partial charge in [0, 0.05) is 23.3 Å². The van der Waals surface area contributed by atoms with Crippen molar-refractivity contribution in [3.8, 4) is 5.75 Å². The highest BCUT2D eigenvalue weighted by molar-refractivity contribution is 8.01. The van der Waals surface area contributed by atoms with Crippen LogP contribution in [0.4, 0.5) is 5.69 Å². The van der Waals surface area contributed by atoms with E-state index in [1.807, 2.05) is 37.4 Å². The Balaban J connectivity index is 1.38. The first-order valence-electron chi connectivity index (χ1n) is 11.6. The number of thiazole rings is 1. The van der Waals surface area contributed by atoms with Crippen LogP contribution in [0.3, 0.4) is 0 Å². The van der Waals surface area contributed by atoms with Crippen molar-refractivity contribution in [3.63, 3.8) is 0 Å². The van der Waals surface area contributed by atoms with Crippen LogP contribution in [0, 0.1) is 0 Å². The van der Waals surface area contributed by atoms with Crippen LogP contribution in [-0.2, 0) is 14.6 Å². The summed E-state index contributed by atoms with van der Waals surface area (Å²) >= 11 is 4.76. The molecule has 0 saturated heterocycles. The Bertz CT molecular complexity index is 1440. The molecule has 4 rings (SSSR count). The summed E-state index contributed by atoms with van der Waals surface area (Å²) in [5.74, 6) is 0.899. The van der Waals surface area contributed by atoms with Crippen molar-refractivity contribution < 1.29 is 17.9 Å². The van der Waals surface area contributed by atoms with Crippen LogP contribution in [0.15, 0.2) is 85.8 Å². The molecule has 0 bridgehead atoms. The molecule has 0 fully saturated rings. The minimum Gasteiger partial charge on any atom is -0.494 e. The van der Waals surface area contributed by atoms with E-state index in [1.165, 1.54) is 17.8 Å². The number of thioether (sulfide) groups is 2. The minimum absolute atomic E-state index is 0.0618. The normalized spacial score (nSPS) is 11.4. The number of nitrogens with zero attached hydrogens (tertiary/aromatic N) is 1. The highest BCUT2D eigenvalue weighted by Crippen LogP contribution is 2.32. The van der Waals surface area contributed by atoms with E-state index in [1.54, 1.807) is 59.5 Å². The van der Waals surface area contributed by atoms with Crippen molar-refractivity contribution in [2.24, 2.45) is 0 Å². The number of nitrogens with one attached hydrogen (secondary N) is 2. The molecule has 0 aliphatic carbocycles. The quantitative estimate of drug-likeness (QED) is 0.168. The van der Waals surface area contributed by atoms with Crippen LogP contribution in [0.25, 0.3) is 10.2 Å². The molecule has 11 heteroatoms. The highest BCUT2D eigenvalue weighted by atomic mass is 32.2. The van der Waals surface area contributed by atoms with Gasteiger partial charge in [0.05, 0.1) is 38.8 Å². The van der Waals surface area contributed by atoms with Crippen LogP contribution < -0.4 is 15.4 Å². The lowest BCUT2D eigenvalue weighted by atomic mass is 10.3. The Morgan fingerprint density at radius 1 is 1.08 bits per heavy atom. The summed E-state index contributed by atoms with van der Waals surface area (Å²) in [5.41, 5.74) is 1.32. The number of aromatic nitrogens is 1. The van der Waals surface area contributed by atoms with Gasteiger partial charge in [-0.1, -0.05) is 23.9 Å². The smallest absolute Gasteiger partial charge is 0.239 e. The summed E-state index contributed by atoms with van der Waals surface area (Å²) in [7, 11) is -3.84. The van der Waals surface area contributed by atoms with Crippen LogP contribution in [0.5, 0.6) is 5.75 Å². The summed E-state index contributed by atoms with van der Waals surface area (Å²) in [6.45, 7) is 2.65. The van der Waals surface area contributed by atoms with Crippen molar-refractivity contribution in [1.82, 2.24) is 10.3 Å². The lowest BCUT2D eigenvalue weighted by Crippen LogP contribution is -2.31. The summed E-state index contributed by atoms with van der Waals surface area (Å²) in [4.78, 5) is 18.3. The van der Waals surface area contributed by atoms with E-state index in [9.17, 15) is 13.2 Å². The summed E-state index contributed by atoms with van der Waals surface area (Å²) in [6, 6.07) is 19.5. The van der Waals surface area contributed by atoms with Gasteiger partial charge < -0.3 is 15.4 Å². The van der Waals surface area contributed by atoms with E-state index in [4.69, 9.17) is 4.74 Å². The number of sulfone groups is 1. The van der Waals surface area contributed by atoms with E-state index < -0.39 is 9.84 Å². The van der Waals surface area contributed by atoms with E-state index in [2.05, 4.69) is 15.6 Å². The fourth-order valence-corrected chi connectivity index (χ4v) is 7.34. The largest absolute Gasteiger partial charge is 0.494 e. The van der Waals surface area contributed by atoms with Gasteiger partial charge >= 0.3 is 0 Å². The maximum absolute atomic E-state index is 13.5. The van der Waals surface area contributed by atoms with Crippen LogP contribution in [0.2, 0.25) is 0 Å². The molecule has 4 aromatic rings. The second-order valence-electron chi connectivity index (χ2n) is 7.77. The number of carbonyl (C=O) groups is 1. The number of anilines is 1. The Kier molecular flexibility index (Phi) is 9.36. The predicted molar refractivity (Wildman–Crippen MR) is 153 cm³/mol. The number of fused-ring (bicyclic) bond motifs is 1. The number of benzene rings is 3. The third-order valence-electron chi connectivity index (χ3n) is 5.29. The number of hydrogen-bond acceptors (Lipinski definition) is 9. The summed E-state index contributed by atoms with van der Waals surface area (Å²) < 4.78 is 34.5. The number of amides is 1. The van der Waals surface area contributed by atoms with Gasteiger partial charge in [-0.25, -0.2) is 13.4 Å². The summed E-state index contributed by atoms with van der Waals surface area (Å²) in [5, 5.41) is 5.86. The monoisotopic (exact) mass is 573 g/mol. The first kappa shape index (κ1) is 27.3. The maximum Gasteiger partial charge on any atom is 0.239 e. The van der Waals surface area contributed by atoms with Crippen molar-refractivity contribution in [3.05, 3.63) is 66.7 Å². The van der Waals surface area contributed by atoms with Gasteiger partial charge in [0.1, 0.15) is 5.75 Å². The summed E-state index contributed by atoms with van der Waals surface area (Å²) in [6.07, 6.45) is 1.93. The van der Waals surface area contributed by atoms with Crippen molar-refractivity contribution >= 4 is 66.5 Å². The van der Waals surface area contributed by atoms with Gasteiger partial charge in [-0.3, -0.25) is 4.79 Å². The molecule has 0 aliphatic rings. The van der Waals surface area contributed by atoms with Crippen molar-refractivity contribution in [2.45, 2.75) is 25.9 Å². The molecule has 1 aromatic heterocycles. The zero-order valence-corrected chi connectivity index (χ0v) is 23.7. The minimum atomic E-state index is -3.84. The topological polar surface area (TPSA) is 97.4 Å². The molecule has 2 N–H and O–H groups in total. The zero-order chi connectivity index (χ0) is 26.3. The van der Waals surface area contributed by atoms with E-state index in [-0.39, 0.29) is 22.2 Å². The average Bonchev–Trinajstić information content (AvgIpc) is 3.33. The number of hydrogen-bond donors (Lipinski definition) is 2. The second-order valence-corrected chi connectivity index (χ2v) is 12.9. The first-order valence-corrected chi connectivity index (χ1v) is 16.1. The average molecular weight is 574 g/mol. The Labute approximate surface area is 229 Å². The molecule has 1 amide bonds. The number of carbonyl (C=O) groups excluding carboxylic acids is 1. The molecule has 0 spiro atoms. The van der Waals surface area contributed by atoms with Gasteiger partial charge in [0.15, 0.2) is 4.34 Å².